The van der Waals surface area contributed by atoms with Crippen molar-refractivity contribution in [3.8, 4) is 11.3 Å². The molecule has 0 aliphatic carbocycles. The number of thiazole rings is 1. The second kappa shape index (κ2) is 9.67. The summed E-state index contributed by atoms with van der Waals surface area (Å²) >= 11 is 1.69. The monoisotopic (exact) mass is 482 g/mol. The lowest BCUT2D eigenvalue weighted by Crippen LogP contribution is -2.38. The Morgan fingerprint density at radius 3 is 2.65 bits per heavy atom. The van der Waals surface area contributed by atoms with Crippen LogP contribution in [0.1, 0.15) is 15.7 Å². The number of hydrogen-bond donors (Lipinski definition) is 2. The van der Waals surface area contributed by atoms with Gasteiger partial charge in [0, 0.05) is 25.2 Å². The number of nitrogens with one attached hydrogen (secondary N) is 2. The summed E-state index contributed by atoms with van der Waals surface area (Å²) in [6.07, 6.45) is 3.77. The minimum Gasteiger partial charge on any atom is -0.351 e. The summed E-state index contributed by atoms with van der Waals surface area (Å²) in [5.41, 5.74) is 2.15. The minimum atomic E-state index is 0. The molecule has 1 aromatic carbocycles. The van der Waals surface area contributed by atoms with E-state index in [4.69, 9.17) is 0 Å². The fourth-order valence-electron chi connectivity index (χ4n) is 2.54. The molecule has 3 aromatic rings. The van der Waals surface area contributed by atoms with Crippen LogP contribution in [0.2, 0.25) is 0 Å². The molecule has 6 nitrogen and oxygen atoms in total. The van der Waals surface area contributed by atoms with Gasteiger partial charge in [-0.05, 0) is 12.5 Å². The van der Waals surface area contributed by atoms with E-state index < -0.39 is 0 Å². The van der Waals surface area contributed by atoms with Crippen LogP contribution < -0.4 is 5.32 Å². The van der Waals surface area contributed by atoms with Crippen LogP contribution in [0.25, 0.3) is 11.3 Å². The maximum Gasteiger partial charge on any atom is 0.194 e. The van der Waals surface area contributed by atoms with E-state index in [0.717, 1.165) is 34.6 Å². The topological polar surface area (TPSA) is 69.2 Å². The lowest BCUT2D eigenvalue weighted by molar-refractivity contribution is 0.464. The molecule has 0 saturated carbocycles. The third-order valence-electron chi connectivity index (χ3n) is 3.76. The summed E-state index contributed by atoms with van der Waals surface area (Å²) in [5, 5.41) is 4.44. The Hall–Kier alpha value is -1.94. The molecule has 2 heterocycles. The van der Waals surface area contributed by atoms with Gasteiger partial charge in [-0.3, -0.25) is 4.99 Å². The second-order valence-electron chi connectivity index (χ2n) is 5.71. The van der Waals surface area contributed by atoms with Gasteiger partial charge < -0.3 is 15.2 Å². The Morgan fingerprint density at radius 1 is 1.23 bits per heavy atom. The molecule has 0 radical (unpaired) electrons. The molecule has 0 aliphatic heterocycles. The molecule has 0 saturated heterocycles. The van der Waals surface area contributed by atoms with Crippen molar-refractivity contribution in [1.29, 1.82) is 0 Å². The van der Waals surface area contributed by atoms with E-state index in [2.05, 4.69) is 37.4 Å². The number of hydrogen-bond acceptors (Lipinski definition) is 4. The predicted molar refractivity (Wildman–Crippen MR) is 118 cm³/mol. The maximum atomic E-state index is 4.48. The molecule has 138 valence electrons. The van der Waals surface area contributed by atoms with Gasteiger partial charge in [-0.15, -0.1) is 35.3 Å². The van der Waals surface area contributed by atoms with Crippen LogP contribution in [0.4, 0.5) is 0 Å². The molecule has 2 N–H and O–H groups in total. The third-order valence-corrected chi connectivity index (χ3v) is 4.68. The van der Waals surface area contributed by atoms with Crippen molar-refractivity contribution in [2.45, 2.75) is 20.0 Å². The zero-order valence-electron chi connectivity index (χ0n) is 15.1. The van der Waals surface area contributed by atoms with E-state index in [1.165, 1.54) is 4.88 Å². The summed E-state index contributed by atoms with van der Waals surface area (Å²) in [4.78, 5) is 19.7. The average Bonchev–Trinajstić information content (AvgIpc) is 3.25. The number of imidazole rings is 1. The molecule has 0 spiro atoms. The third kappa shape index (κ3) is 5.28. The van der Waals surface area contributed by atoms with E-state index in [0.29, 0.717) is 6.54 Å². The fourth-order valence-corrected chi connectivity index (χ4v) is 3.28. The van der Waals surface area contributed by atoms with E-state index in [1.54, 1.807) is 18.4 Å². The van der Waals surface area contributed by atoms with Crippen molar-refractivity contribution in [1.82, 2.24) is 25.2 Å². The van der Waals surface area contributed by atoms with E-state index in [1.807, 2.05) is 49.5 Å². The molecule has 2 aromatic heterocycles. The Morgan fingerprint density at radius 2 is 2.00 bits per heavy atom. The van der Waals surface area contributed by atoms with Gasteiger partial charge in [-0.1, -0.05) is 30.3 Å². The quantitative estimate of drug-likeness (QED) is 0.331. The highest BCUT2D eigenvalue weighted by Crippen LogP contribution is 2.16. The normalized spacial score (nSPS) is 11.1. The first-order valence-electron chi connectivity index (χ1n) is 8.08. The fraction of sp³-hybridized carbons (Fsp3) is 0.278. The number of aryl methyl sites for hydroxylation is 1. The highest BCUT2D eigenvalue weighted by Gasteiger charge is 2.10. The largest absolute Gasteiger partial charge is 0.351 e. The maximum absolute atomic E-state index is 4.48. The van der Waals surface area contributed by atoms with Crippen molar-refractivity contribution in [2.75, 3.05) is 14.1 Å². The standard InChI is InChI=1S/C18H22N6S.HI/c1-13-20-9-15(25-13)10-22-18(19-2)24(3)12-17-21-11-16(23-17)14-7-5-4-6-8-14;/h4-9,11H,10,12H2,1-3H3,(H,19,22)(H,21,23);1H. The summed E-state index contributed by atoms with van der Waals surface area (Å²) in [6, 6.07) is 10.2. The molecule has 0 atom stereocenters. The second-order valence-corrected chi connectivity index (χ2v) is 7.03. The molecule has 0 aliphatic rings. The van der Waals surface area contributed by atoms with Gasteiger partial charge >= 0.3 is 0 Å². The average molecular weight is 482 g/mol. The van der Waals surface area contributed by atoms with E-state index >= 15 is 0 Å². The molecule has 0 unspecified atom stereocenters. The molecular formula is C18H23IN6S. The van der Waals surface area contributed by atoms with Crippen LogP contribution in [0.3, 0.4) is 0 Å². The van der Waals surface area contributed by atoms with E-state index in [9.17, 15) is 0 Å². The molecule has 0 bridgehead atoms. The molecule has 3 rings (SSSR count). The number of rotatable bonds is 5. The Balaban J connectivity index is 0.00000243. The van der Waals surface area contributed by atoms with Gasteiger partial charge in [0.15, 0.2) is 5.96 Å². The Bertz CT molecular complexity index is 842. The summed E-state index contributed by atoms with van der Waals surface area (Å²) in [7, 11) is 3.78. The van der Waals surface area contributed by atoms with Crippen molar-refractivity contribution in [3.05, 3.63) is 58.4 Å². The number of aromatic amines is 1. The van der Waals surface area contributed by atoms with Gasteiger partial charge in [-0.2, -0.15) is 0 Å². The first-order chi connectivity index (χ1) is 12.2. The first-order valence-corrected chi connectivity index (χ1v) is 8.89. The zero-order valence-corrected chi connectivity index (χ0v) is 18.2. The predicted octanol–water partition coefficient (Wildman–Crippen LogP) is 3.67. The number of aromatic nitrogens is 3. The SMILES string of the molecule is CN=C(NCc1cnc(C)s1)N(C)Cc1ncc(-c2ccccc2)[nH]1.I. The molecule has 0 fully saturated rings. The van der Waals surface area contributed by atoms with Crippen LogP contribution in [-0.4, -0.2) is 39.9 Å². The summed E-state index contributed by atoms with van der Waals surface area (Å²) in [6.45, 7) is 3.38. The van der Waals surface area contributed by atoms with Gasteiger partial charge in [0.2, 0.25) is 0 Å². The minimum absolute atomic E-state index is 0. The van der Waals surface area contributed by atoms with Crippen LogP contribution in [0.15, 0.2) is 47.7 Å². The molecule has 26 heavy (non-hydrogen) atoms. The highest BCUT2D eigenvalue weighted by molar-refractivity contribution is 14.0. The Labute approximate surface area is 174 Å². The summed E-state index contributed by atoms with van der Waals surface area (Å²) in [5.74, 6) is 1.72. The Kier molecular flexibility index (Phi) is 7.58. The van der Waals surface area contributed by atoms with Gasteiger partial charge in [0.05, 0.1) is 30.0 Å². The van der Waals surface area contributed by atoms with Crippen LogP contribution in [0, 0.1) is 6.92 Å². The molecular weight excluding hydrogens is 459 g/mol. The van der Waals surface area contributed by atoms with Crippen molar-refractivity contribution in [3.63, 3.8) is 0 Å². The van der Waals surface area contributed by atoms with Crippen LogP contribution in [0.5, 0.6) is 0 Å². The smallest absolute Gasteiger partial charge is 0.194 e. The molecule has 0 amide bonds. The van der Waals surface area contributed by atoms with Crippen molar-refractivity contribution < 1.29 is 0 Å². The van der Waals surface area contributed by atoms with Crippen LogP contribution in [-0.2, 0) is 13.1 Å². The zero-order chi connectivity index (χ0) is 17.6. The molecule has 8 heteroatoms. The number of H-pyrrole nitrogens is 1. The summed E-state index contributed by atoms with van der Waals surface area (Å²) < 4.78 is 0. The number of aliphatic imine (C=N–C) groups is 1. The van der Waals surface area contributed by atoms with Gasteiger partial charge in [0.1, 0.15) is 5.82 Å². The number of guanidine groups is 1. The van der Waals surface area contributed by atoms with Crippen molar-refractivity contribution >= 4 is 41.3 Å². The van der Waals surface area contributed by atoms with Crippen molar-refractivity contribution in [2.24, 2.45) is 4.99 Å². The lowest BCUT2D eigenvalue weighted by Gasteiger charge is -2.20. The van der Waals surface area contributed by atoms with Gasteiger partial charge in [0.25, 0.3) is 0 Å². The lowest BCUT2D eigenvalue weighted by atomic mass is 10.2. The highest BCUT2D eigenvalue weighted by atomic mass is 127. The van der Waals surface area contributed by atoms with E-state index in [-0.39, 0.29) is 24.0 Å². The van der Waals surface area contributed by atoms with Crippen LogP contribution >= 0.6 is 35.3 Å². The first kappa shape index (κ1) is 20.4. The number of nitrogens with zero attached hydrogens (tertiary/aromatic N) is 4. The van der Waals surface area contributed by atoms with Gasteiger partial charge in [-0.25, -0.2) is 9.97 Å². The number of halogens is 1. The number of benzene rings is 1.